The number of nitrogens with one attached hydrogen (secondary N) is 1. The Morgan fingerprint density at radius 1 is 1.38 bits per heavy atom. The Labute approximate surface area is 146 Å². The zero-order chi connectivity index (χ0) is 16.9. The Hall–Kier alpha value is -2.21. The van der Waals surface area contributed by atoms with E-state index in [2.05, 4.69) is 21.9 Å². The third kappa shape index (κ3) is 3.48. The fourth-order valence-corrected chi connectivity index (χ4v) is 3.38. The van der Waals surface area contributed by atoms with Gasteiger partial charge in [-0.1, -0.05) is 37.5 Å². The van der Waals surface area contributed by atoms with Crippen LogP contribution in [0.2, 0.25) is 0 Å². The van der Waals surface area contributed by atoms with Gasteiger partial charge in [0.15, 0.2) is 5.82 Å². The van der Waals surface area contributed by atoms with Gasteiger partial charge in [-0.25, -0.2) is 0 Å². The van der Waals surface area contributed by atoms with Crippen molar-refractivity contribution in [1.82, 2.24) is 14.9 Å². The van der Waals surface area contributed by atoms with Gasteiger partial charge < -0.3 is 5.11 Å². The fourth-order valence-electron chi connectivity index (χ4n) is 3.20. The molecule has 0 spiro atoms. The van der Waals surface area contributed by atoms with Crippen molar-refractivity contribution < 1.29 is 5.11 Å². The SMILES string of the molecule is C=CCc1cccc(/C=N/n2c(C3CCCCC3)n[nH]c2=S)c1O. The maximum atomic E-state index is 10.3. The molecule has 1 aliphatic carbocycles. The number of aromatic nitrogens is 3. The molecule has 1 aromatic heterocycles. The molecule has 2 aromatic rings. The first-order valence-corrected chi connectivity index (χ1v) is 8.75. The number of aromatic amines is 1. The van der Waals surface area contributed by atoms with Crippen molar-refractivity contribution in [1.29, 1.82) is 0 Å². The van der Waals surface area contributed by atoms with Crippen molar-refractivity contribution in [3.05, 3.63) is 52.6 Å². The van der Waals surface area contributed by atoms with Crippen LogP contribution in [0.15, 0.2) is 36.0 Å². The molecule has 24 heavy (non-hydrogen) atoms. The molecule has 1 fully saturated rings. The van der Waals surface area contributed by atoms with Gasteiger partial charge in [0.25, 0.3) is 0 Å². The lowest BCUT2D eigenvalue weighted by molar-refractivity contribution is 0.419. The lowest BCUT2D eigenvalue weighted by Gasteiger charge is -2.19. The first kappa shape index (κ1) is 16.6. The van der Waals surface area contributed by atoms with Gasteiger partial charge in [-0.2, -0.15) is 14.9 Å². The normalized spacial score (nSPS) is 15.8. The predicted molar refractivity (Wildman–Crippen MR) is 98.2 cm³/mol. The molecular formula is C18H22N4OS. The van der Waals surface area contributed by atoms with E-state index < -0.39 is 0 Å². The summed E-state index contributed by atoms with van der Waals surface area (Å²) in [5.41, 5.74) is 1.49. The number of benzene rings is 1. The minimum Gasteiger partial charge on any atom is -0.507 e. The van der Waals surface area contributed by atoms with Gasteiger partial charge in [-0.3, -0.25) is 5.10 Å². The maximum absolute atomic E-state index is 10.3. The van der Waals surface area contributed by atoms with Gasteiger partial charge >= 0.3 is 0 Å². The van der Waals surface area contributed by atoms with E-state index in [0.29, 0.717) is 22.7 Å². The van der Waals surface area contributed by atoms with Crippen molar-refractivity contribution in [2.24, 2.45) is 5.10 Å². The quantitative estimate of drug-likeness (QED) is 0.483. The molecule has 0 aliphatic heterocycles. The molecule has 0 radical (unpaired) electrons. The summed E-state index contributed by atoms with van der Waals surface area (Å²) in [6, 6.07) is 5.61. The summed E-state index contributed by atoms with van der Waals surface area (Å²) in [6.07, 6.45) is 9.99. The van der Waals surface area contributed by atoms with Crippen LogP contribution < -0.4 is 0 Å². The van der Waals surface area contributed by atoms with Crippen molar-refractivity contribution in [2.75, 3.05) is 0 Å². The van der Waals surface area contributed by atoms with Crippen LogP contribution in [-0.2, 0) is 6.42 Å². The number of rotatable bonds is 5. The van der Waals surface area contributed by atoms with E-state index in [1.807, 2.05) is 18.2 Å². The number of aromatic hydroxyl groups is 1. The standard InChI is InChI=1S/C18H22N4OS/c1-2-7-13-10-6-11-15(16(13)23)12-19-22-17(20-21-18(22)24)14-8-4-3-5-9-14/h2,6,10-12,14,23H,1,3-5,7-9H2,(H,21,24)/b19-12+. The molecule has 1 aliphatic rings. The van der Waals surface area contributed by atoms with E-state index in [1.165, 1.54) is 19.3 Å². The Morgan fingerprint density at radius 3 is 2.92 bits per heavy atom. The number of nitrogens with zero attached hydrogens (tertiary/aromatic N) is 3. The van der Waals surface area contributed by atoms with Gasteiger partial charge in [0.05, 0.1) is 6.21 Å². The maximum Gasteiger partial charge on any atom is 0.216 e. The molecule has 0 unspecified atom stereocenters. The second-order valence-corrected chi connectivity index (χ2v) is 6.51. The van der Waals surface area contributed by atoms with Crippen LogP contribution in [-0.4, -0.2) is 26.2 Å². The minimum atomic E-state index is 0.232. The van der Waals surface area contributed by atoms with Crippen molar-refractivity contribution in [2.45, 2.75) is 44.4 Å². The zero-order valence-electron chi connectivity index (χ0n) is 13.6. The molecule has 1 heterocycles. The summed E-state index contributed by atoms with van der Waals surface area (Å²) >= 11 is 5.31. The van der Waals surface area contributed by atoms with Crippen LogP contribution in [0.1, 0.15) is 55.0 Å². The number of allylic oxidation sites excluding steroid dienone is 1. The van der Waals surface area contributed by atoms with Gasteiger partial charge in [0.1, 0.15) is 5.75 Å². The van der Waals surface area contributed by atoms with Crippen molar-refractivity contribution >= 4 is 18.4 Å². The summed E-state index contributed by atoms with van der Waals surface area (Å²) in [5.74, 6) is 1.51. The lowest BCUT2D eigenvalue weighted by Crippen LogP contribution is -2.10. The van der Waals surface area contributed by atoms with Crippen LogP contribution in [0, 0.1) is 4.77 Å². The number of H-pyrrole nitrogens is 1. The average molecular weight is 342 g/mol. The number of hydrogen-bond donors (Lipinski definition) is 2. The summed E-state index contributed by atoms with van der Waals surface area (Å²) < 4.78 is 2.17. The molecular weight excluding hydrogens is 320 g/mol. The topological polar surface area (TPSA) is 66.2 Å². The van der Waals surface area contributed by atoms with E-state index >= 15 is 0 Å². The van der Waals surface area contributed by atoms with Crippen LogP contribution in [0.3, 0.4) is 0 Å². The van der Waals surface area contributed by atoms with E-state index in [4.69, 9.17) is 12.2 Å². The molecule has 0 bridgehead atoms. The number of para-hydroxylation sites is 1. The number of hydrogen-bond acceptors (Lipinski definition) is 4. The van der Waals surface area contributed by atoms with Gasteiger partial charge in [-0.05, 0) is 43.1 Å². The van der Waals surface area contributed by atoms with Crippen LogP contribution in [0.4, 0.5) is 0 Å². The molecule has 0 saturated heterocycles. The number of phenolic OH excluding ortho intramolecular Hbond substituents is 1. The van der Waals surface area contributed by atoms with Gasteiger partial charge in [-0.15, -0.1) is 6.58 Å². The highest BCUT2D eigenvalue weighted by Crippen LogP contribution is 2.31. The van der Waals surface area contributed by atoms with E-state index in [-0.39, 0.29) is 5.75 Å². The predicted octanol–water partition coefficient (Wildman–Crippen LogP) is 4.30. The third-order valence-electron chi connectivity index (χ3n) is 4.47. The highest BCUT2D eigenvalue weighted by atomic mass is 32.1. The molecule has 1 aromatic carbocycles. The molecule has 2 N–H and O–H groups in total. The molecule has 0 atom stereocenters. The van der Waals surface area contributed by atoms with E-state index in [0.717, 1.165) is 24.2 Å². The second kappa shape index (κ2) is 7.57. The minimum absolute atomic E-state index is 0.232. The monoisotopic (exact) mass is 342 g/mol. The van der Waals surface area contributed by atoms with E-state index in [9.17, 15) is 5.11 Å². The molecule has 6 heteroatoms. The number of phenols is 1. The lowest BCUT2D eigenvalue weighted by atomic mass is 9.89. The van der Waals surface area contributed by atoms with E-state index in [1.54, 1.807) is 17.0 Å². The Bertz CT molecular complexity index is 800. The van der Waals surface area contributed by atoms with Crippen molar-refractivity contribution in [3.63, 3.8) is 0 Å². The third-order valence-corrected chi connectivity index (χ3v) is 4.74. The highest BCUT2D eigenvalue weighted by Gasteiger charge is 2.21. The Kier molecular flexibility index (Phi) is 5.25. The molecule has 5 nitrogen and oxygen atoms in total. The van der Waals surface area contributed by atoms with Crippen LogP contribution >= 0.6 is 12.2 Å². The fraction of sp³-hybridized carbons (Fsp3) is 0.389. The smallest absolute Gasteiger partial charge is 0.216 e. The largest absolute Gasteiger partial charge is 0.507 e. The second-order valence-electron chi connectivity index (χ2n) is 6.13. The van der Waals surface area contributed by atoms with Crippen molar-refractivity contribution in [3.8, 4) is 5.75 Å². The summed E-state index contributed by atoms with van der Waals surface area (Å²) in [7, 11) is 0. The summed E-state index contributed by atoms with van der Waals surface area (Å²) in [6.45, 7) is 3.71. The first-order chi connectivity index (χ1) is 11.7. The molecule has 1 saturated carbocycles. The van der Waals surface area contributed by atoms with Crippen LogP contribution in [0.25, 0.3) is 0 Å². The van der Waals surface area contributed by atoms with Gasteiger partial charge in [0, 0.05) is 11.5 Å². The average Bonchev–Trinajstić information content (AvgIpc) is 2.97. The molecule has 126 valence electrons. The Morgan fingerprint density at radius 2 is 2.17 bits per heavy atom. The van der Waals surface area contributed by atoms with Crippen LogP contribution in [0.5, 0.6) is 5.75 Å². The highest BCUT2D eigenvalue weighted by molar-refractivity contribution is 7.71. The summed E-state index contributed by atoms with van der Waals surface area (Å²) in [5, 5.41) is 22.0. The molecule has 3 rings (SSSR count). The summed E-state index contributed by atoms with van der Waals surface area (Å²) in [4.78, 5) is 0. The zero-order valence-corrected chi connectivity index (χ0v) is 14.4. The van der Waals surface area contributed by atoms with Gasteiger partial charge in [0.2, 0.25) is 4.77 Å². The Balaban J connectivity index is 1.90. The first-order valence-electron chi connectivity index (χ1n) is 8.34. The molecule has 0 amide bonds.